The van der Waals surface area contributed by atoms with Crippen LogP contribution in [0.5, 0.6) is 0 Å². The summed E-state index contributed by atoms with van der Waals surface area (Å²) >= 11 is 0. The molecule has 0 aliphatic rings. The van der Waals surface area contributed by atoms with Gasteiger partial charge in [0.2, 0.25) is 0 Å². The van der Waals surface area contributed by atoms with E-state index in [1.54, 1.807) is 0 Å². The SMILES string of the molecule is CCc1cnc(CN)cc1CC. The summed E-state index contributed by atoms with van der Waals surface area (Å²) in [6.45, 7) is 4.85. The van der Waals surface area contributed by atoms with Crippen LogP contribution in [0, 0.1) is 0 Å². The van der Waals surface area contributed by atoms with Crippen molar-refractivity contribution in [3.63, 3.8) is 0 Å². The minimum Gasteiger partial charge on any atom is -0.325 e. The van der Waals surface area contributed by atoms with E-state index < -0.39 is 0 Å². The van der Waals surface area contributed by atoms with E-state index in [-0.39, 0.29) is 0 Å². The first-order valence-electron chi connectivity index (χ1n) is 4.48. The van der Waals surface area contributed by atoms with E-state index in [1.165, 1.54) is 11.1 Å². The van der Waals surface area contributed by atoms with Gasteiger partial charge in [-0.2, -0.15) is 0 Å². The fourth-order valence-corrected chi connectivity index (χ4v) is 1.33. The average molecular weight is 164 g/mol. The van der Waals surface area contributed by atoms with Gasteiger partial charge in [-0.15, -0.1) is 0 Å². The van der Waals surface area contributed by atoms with Crippen molar-refractivity contribution in [1.29, 1.82) is 0 Å². The molecule has 2 N–H and O–H groups in total. The maximum Gasteiger partial charge on any atom is 0.0542 e. The summed E-state index contributed by atoms with van der Waals surface area (Å²) in [6, 6.07) is 2.11. The molecule has 0 atom stereocenters. The lowest BCUT2D eigenvalue weighted by molar-refractivity contribution is 0.938. The summed E-state index contributed by atoms with van der Waals surface area (Å²) in [5, 5.41) is 0. The Bertz CT molecular complexity index is 256. The lowest BCUT2D eigenvalue weighted by Crippen LogP contribution is -2.02. The van der Waals surface area contributed by atoms with Crippen molar-refractivity contribution in [1.82, 2.24) is 4.98 Å². The summed E-state index contributed by atoms with van der Waals surface area (Å²) in [6.07, 6.45) is 4.07. The summed E-state index contributed by atoms with van der Waals surface area (Å²) in [5.41, 5.74) is 9.22. The van der Waals surface area contributed by atoms with Gasteiger partial charge in [0.15, 0.2) is 0 Å². The lowest BCUT2D eigenvalue weighted by atomic mass is 10.0. The van der Waals surface area contributed by atoms with Crippen molar-refractivity contribution >= 4 is 0 Å². The Balaban J connectivity index is 3.02. The third kappa shape index (κ3) is 1.83. The molecule has 66 valence electrons. The molecule has 0 spiro atoms. The molecule has 1 aromatic heterocycles. The molecule has 0 aromatic carbocycles. The Morgan fingerprint density at radius 3 is 2.42 bits per heavy atom. The zero-order valence-corrected chi connectivity index (χ0v) is 7.80. The topological polar surface area (TPSA) is 38.9 Å². The Hall–Kier alpha value is -0.890. The van der Waals surface area contributed by atoms with Gasteiger partial charge < -0.3 is 5.73 Å². The van der Waals surface area contributed by atoms with Crippen molar-refractivity contribution in [2.75, 3.05) is 0 Å². The Kier molecular flexibility index (Phi) is 3.23. The van der Waals surface area contributed by atoms with Gasteiger partial charge in [-0.1, -0.05) is 13.8 Å². The molecule has 0 saturated carbocycles. The molecule has 0 aliphatic heterocycles. The van der Waals surface area contributed by atoms with Gasteiger partial charge in [0.1, 0.15) is 0 Å². The third-order valence-corrected chi connectivity index (χ3v) is 2.11. The van der Waals surface area contributed by atoms with Gasteiger partial charge in [0.25, 0.3) is 0 Å². The molecule has 0 fully saturated rings. The van der Waals surface area contributed by atoms with E-state index in [2.05, 4.69) is 24.9 Å². The monoisotopic (exact) mass is 164 g/mol. The molecule has 0 amide bonds. The van der Waals surface area contributed by atoms with Crippen LogP contribution in [-0.4, -0.2) is 4.98 Å². The number of hydrogen-bond acceptors (Lipinski definition) is 2. The van der Waals surface area contributed by atoms with Gasteiger partial charge in [-0.3, -0.25) is 4.98 Å². The molecule has 0 saturated heterocycles. The van der Waals surface area contributed by atoms with E-state index in [9.17, 15) is 0 Å². The molecule has 1 aromatic rings. The maximum atomic E-state index is 5.50. The van der Waals surface area contributed by atoms with Crippen molar-refractivity contribution in [2.24, 2.45) is 5.73 Å². The second-order valence-electron chi connectivity index (χ2n) is 2.86. The van der Waals surface area contributed by atoms with Crippen LogP contribution < -0.4 is 5.73 Å². The minimum absolute atomic E-state index is 0.539. The number of aryl methyl sites for hydroxylation is 2. The number of nitrogens with two attached hydrogens (primary N) is 1. The van der Waals surface area contributed by atoms with Crippen LogP contribution in [0.2, 0.25) is 0 Å². The zero-order chi connectivity index (χ0) is 8.97. The largest absolute Gasteiger partial charge is 0.325 e. The van der Waals surface area contributed by atoms with Crippen LogP contribution in [-0.2, 0) is 19.4 Å². The highest BCUT2D eigenvalue weighted by molar-refractivity contribution is 5.26. The normalized spacial score (nSPS) is 10.2. The number of pyridine rings is 1. The molecule has 1 rings (SSSR count). The molecule has 0 unspecified atom stereocenters. The molecule has 2 nitrogen and oxygen atoms in total. The Morgan fingerprint density at radius 1 is 1.25 bits per heavy atom. The standard InChI is InChI=1S/C10H16N2/c1-3-8-5-10(6-11)12-7-9(8)4-2/h5,7H,3-4,6,11H2,1-2H3. The van der Waals surface area contributed by atoms with Crippen molar-refractivity contribution in [3.05, 3.63) is 29.1 Å². The van der Waals surface area contributed by atoms with Crippen molar-refractivity contribution in [3.8, 4) is 0 Å². The quantitative estimate of drug-likeness (QED) is 0.738. The van der Waals surface area contributed by atoms with E-state index >= 15 is 0 Å². The molecule has 0 aliphatic carbocycles. The van der Waals surface area contributed by atoms with Crippen LogP contribution >= 0.6 is 0 Å². The van der Waals surface area contributed by atoms with Crippen LogP contribution in [0.1, 0.15) is 30.7 Å². The predicted molar refractivity (Wildman–Crippen MR) is 50.9 cm³/mol. The third-order valence-electron chi connectivity index (χ3n) is 2.11. The maximum absolute atomic E-state index is 5.50. The molecule has 0 bridgehead atoms. The lowest BCUT2D eigenvalue weighted by Gasteiger charge is -2.06. The second-order valence-corrected chi connectivity index (χ2v) is 2.86. The molecular weight excluding hydrogens is 148 g/mol. The predicted octanol–water partition coefficient (Wildman–Crippen LogP) is 1.67. The van der Waals surface area contributed by atoms with Gasteiger partial charge in [-0.05, 0) is 30.0 Å². The summed E-state index contributed by atoms with van der Waals surface area (Å²) < 4.78 is 0. The molecule has 2 heteroatoms. The van der Waals surface area contributed by atoms with Gasteiger partial charge in [-0.25, -0.2) is 0 Å². The van der Waals surface area contributed by atoms with Crippen LogP contribution in [0.3, 0.4) is 0 Å². The van der Waals surface area contributed by atoms with Crippen LogP contribution in [0.4, 0.5) is 0 Å². The van der Waals surface area contributed by atoms with Gasteiger partial charge in [0.05, 0.1) is 5.69 Å². The molecule has 1 heterocycles. The zero-order valence-electron chi connectivity index (χ0n) is 7.80. The highest BCUT2D eigenvalue weighted by Gasteiger charge is 2.00. The fraction of sp³-hybridized carbons (Fsp3) is 0.500. The summed E-state index contributed by atoms with van der Waals surface area (Å²) in [4.78, 5) is 4.25. The number of aromatic nitrogens is 1. The molecule has 12 heavy (non-hydrogen) atoms. The summed E-state index contributed by atoms with van der Waals surface area (Å²) in [5.74, 6) is 0. The van der Waals surface area contributed by atoms with Crippen LogP contribution in [0.25, 0.3) is 0 Å². The fourth-order valence-electron chi connectivity index (χ4n) is 1.33. The average Bonchev–Trinajstić information content (AvgIpc) is 2.16. The number of nitrogens with zero attached hydrogens (tertiary/aromatic N) is 1. The van der Waals surface area contributed by atoms with Crippen molar-refractivity contribution in [2.45, 2.75) is 33.2 Å². The highest BCUT2D eigenvalue weighted by atomic mass is 14.7. The number of hydrogen-bond donors (Lipinski definition) is 1. The first-order valence-corrected chi connectivity index (χ1v) is 4.48. The smallest absolute Gasteiger partial charge is 0.0542 e. The van der Waals surface area contributed by atoms with Gasteiger partial charge >= 0.3 is 0 Å². The van der Waals surface area contributed by atoms with Gasteiger partial charge in [0, 0.05) is 12.7 Å². The minimum atomic E-state index is 0.539. The Labute approximate surface area is 73.8 Å². The van der Waals surface area contributed by atoms with E-state index in [1.807, 2.05) is 6.20 Å². The first-order chi connectivity index (χ1) is 5.81. The summed E-state index contributed by atoms with van der Waals surface area (Å²) in [7, 11) is 0. The highest BCUT2D eigenvalue weighted by Crippen LogP contribution is 2.10. The van der Waals surface area contributed by atoms with Crippen LogP contribution in [0.15, 0.2) is 12.3 Å². The molecular formula is C10H16N2. The first kappa shape index (κ1) is 9.20. The van der Waals surface area contributed by atoms with E-state index in [0.717, 1.165) is 18.5 Å². The van der Waals surface area contributed by atoms with E-state index in [4.69, 9.17) is 5.73 Å². The van der Waals surface area contributed by atoms with E-state index in [0.29, 0.717) is 6.54 Å². The second kappa shape index (κ2) is 4.21. The van der Waals surface area contributed by atoms with Crippen molar-refractivity contribution < 1.29 is 0 Å². The Morgan fingerprint density at radius 2 is 1.92 bits per heavy atom. The number of rotatable bonds is 3. The molecule has 0 radical (unpaired) electrons.